The lowest BCUT2D eigenvalue weighted by atomic mass is 10.2. The third-order valence-electron chi connectivity index (χ3n) is 2.64. The minimum absolute atomic E-state index is 0.0916. The molecule has 0 fully saturated rings. The minimum atomic E-state index is -4.12. The van der Waals surface area contributed by atoms with Crippen LogP contribution in [0.2, 0.25) is 0 Å². The number of halogens is 1. The van der Waals surface area contributed by atoms with Gasteiger partial charge in [0, 0.05) is 0 Å². The van der Waals surface area contributed by atoms with Gasteiger partial charge in [-0.05, 0) is 36.6 Å². The summed E-state index contributed by atoms with van der Waals surface area (Å²) >= 11 is 1.40. The Hall–Kier alpha value is -1.32. The van der Waals surface area contributed by atoms with Crippen LogP contribution in [0.15, 0.2) is 23.1 Å². The Labute approximate surface area is 126 Å². The molecule has 1 aromatic carbocycles. The van der Waals surface area contributed by atoms with Crippen LogP contribution in [0.4, 0.5) is 4.39 Å². The molecular weight excluding hydrogens is 321 g/mol. The number of carbonyl (C=O) groups is 1. The first-order valence-corrected chi connectivity index (χ1v) is 8.77. The summed E-state index contributed by atoms with van der Waals surface area (Å²) in [5.74, 6) is -1.72. The zero-order valence-electron chi connectivity index (χ0n) is 11.5. The van der Waals surface area contributed by atoms with Gasteiger partial charge in [-0.3, -0.25) is 4.79 Å². The van der Waals surface area contributed by atoms with E-state index in [-0.39, 0.29) is 17.1 Å². The van der Waals surface area contributed by atoms with Crippen LogP contribution in [-0.4, -0.2) is 44.7 Å². The van der Waals surface area contributed by atoms with Gasteiger partial charge in [-0.2, -0.15) is 16.5 Å². The molecule has 0 aliphatic carbocycles. The molecule has 0 heterocycles. The van der Waals surface area contributed by atoms with Gasteiger partial charge in [0.05, 0.1) is 12.0 Å². The van der Waals surface area contributed by atoms with Crippen molar-refractivity contribution < 1.29 is 27.4 Å². The molecular formula is C12H16FNO5S2. The Morgan fingerprint density at radius 3 is 2.67 bits per heavy atom. The Balaban J connectivity index is 2.99. The van der Waals surface area contributed by atoms with Gasteiger partial charge in [-0.1, -0.05) is 0 Å². The monoisotopic (exact) mass is 337 g/mol. The van der Waals surface area contributed by atoms with Crippen molar-refractivity contribution >= 4 is 27.8 Å². The average molecular weight is 337 g/mol. The molecule has 1 atom stereocenters. The van der Waals surface area contributed by atoms with E-state index < -0.39 is 27.9 Å². The van der Waals surface area contributed by atoms with Crippen molar-refractivity contribution in [1.82, 2.24) is 4.72 Å². The molecule has 6 nitrogen and oxygen atoms in total. The zero-order valence-corrected chi connectivity index (χ0v) is 13.1. The summed E-state index contributed by atoms with van der Waals surface area (Å²) in [5, 5.41) is 9.02. The normalized spacial score (nSPS) is 12.9. The first-order chi connectivity index (χ1) is 9.81. The number of methoxy groups -OCH3 is 1. The lowest BCUT2D eigenvalue weighted by Gasteiger charge is -2.14. The van der Waals surface area contributed by atoms with Gasteiger partial charge in [-0.15, -0.1) is 0 Å². The number of hydrogen-bond donors (Lipinski definition) is 2. The van der Waals surface area contributed by atoms with Crippen molar-refractivity contribution in [3.05, 3.63) is 24.0 Å². The van der Waals surface area contributed by atoms with Gasteiger partial charge >= 0.3 is 5.97 Å². The summed E-state index contributed by atoms with van der Waals surface area (Å²) < 4.78 is 44.4. The summed E-state index contributed by atoms with van der Waals surface area (Å²) in [6.45, 7) is 0. The van der Waals surface area contributed by atoms with Crippen molar-refractivity contribution in [3.8, 4) is 5.75 Å². The average Bonchev–Trinajstić information content (AvgIpc) is 2.43. The number of carboxylic acid groups (broad SMARTS) is 1. The highest BCUT2D eigenvalue weighted by atomic mass is 32.2. The van der Waals surface area contributed by atoms with E-state index >= 15 is 0 Å². The van der Waals surface area contributed by atoms with E-state index in [4.69, 9.17) is 9.84 Å². The largest absolute Gasteiger partial charge is 0.494 e. The number of carboxylic acids is 1. The van der Waals surface area contributed by atoms with E-state index in [0.29, 0.717) is 5.75 Å². The molecule has 0 amide bonds. The van der Waals surface area contributed by atoms with Crippen LogP contribution in [-0.2, 0) is 14.8 Å². The molecule has 1 aromatic rings. The van der Waals surface area contributed by atoms with Crippen molar-refractivity contribution in [3.63, 3.8) is 0 Å². The molecule has 0 aliphatic heterocycles. The van der Waals surface area contributed by atoms with E-state index in [2.05, 4.69) is 4.72 Å². The number of ether oxygens (including phenoxy) is 1. The van der Waals surface area contributed by atoms with Crippen molar-refractivity contribution in [2.24, 2.45) is 0 Å². The first kappa shape index (κ1) is 17.7. The standard InChI is InChI=1S/C12H16FNO5S2/c1-19-11-4-3-8(7-9(11)13)21(17,18)14-10(12(15)16)5-6-20-2/h3-4,7,10,14H,5-6H2,1-2H3,(H,15,16). The fourth-order valence-electron chi connectivity index (χ4n) is 1.54. The molecule has 0 aliphatic rings. The molecule has 2 N–H and O–H groups in total. The zero-order chi connectivity index (χ0) is 16.0. The van der Waals surface area contributed by atoms with Crippen LogP contribution < -0.4 is 9.46 Å². The summed E-state index contributed by atoms with van der Waals surface area (Å²) in [7, 11) is -2.86. The fraction of sp³-hybridized carbons (Fsp3) is 0.417. The molecule has 0 saturated heterocycles. The second kappa shape index (κ2) is 7.62. The smallest absolute Gasteiger partial charge is 0.321 e. The number of sulfonamides is 1. The van der Waals surface area contributed by atoms with E-state index in [1.807, 2.05) is 0 Å². The summed E-state index contributed by atoms with van der Waals surface area (Å²) in [5.41, 5.74) is 0. The maximum Gasteiger partial charge on any atom is 0.321 e. The molecule has 0 spiro atoms. The highest BCUT2D eigenvalue weighted by Gasteiger charge is 2.25. The molecule has 9 heteroatoms. The van der Waals surface area contributed by atoms with Gasteiger partial charge in [0.15, 0.2) is 11.6 Å². The van der Waals surface area contributed by atoms with Crippen LogP contribution in [0, 0.1) is 5.82 Å². The summed E-state index contributed by atoms with van der Waals surface area (Å²) in [6, 6.07) is 1.85. The molecule has 0 radical (unpaired) electrons. The molecule has 1 unspecified atom stereocenters. The predicted octanol–water partition coefficient (Wildman–Crippen LogP) is 1.32. The van der Waals surface area contributed by atoms with E-state index in [0.717, 1.165) is 12.1 Å². The number of thioether (sulfide) groups is 1. The highest BCUT2D eigenvalue weighted by molar-refractivity contribution is 7.98. The topological polar surface area (TPSA) is 92.7 Å². The highest BCUT2D eigenvalue weighted by Crippen LogP contribution is 2.21. The maximum absolute atomic E-state index is 13.5. The van der Waals surface area contributed by atoms with Crippen molar-refractivity contribution in [2.45, 2.75) is 17.4 Å². The maximum atomic E-state index is 13.5. The number of rotatable bonds is 8. The van der Waals surface area contributed by atoms with Gasteiger partial charge in [-0.25, -0.2) is 12.8 Å². The van der Waals surface area contributed by atoms with E-state index in [1.54, 1.807) is 6.26 Å². The fourth-order valence-corrected chi connectivity index (χ4v) is 3.24. The minimum Gasteiger partial charge on any atom is -0.494 e. The lowest BCUT2D eigenvalue weighted by molar-refractivity contribution is -0.139. The van der Waals surface area contributed by atoms with E-state index in [1.165, 1.54) is 24.9 Å². The van der Waals surface area contributed by atoms with Crippen molar-refractivity contribution in [2.75, 3.05) is 19.1 Å². The number of aliphatic carboxylic acids is 1. The lowest BCUT2D eigenvalue weighted by Crippen LogP contribution is -2.41. The quantitative estimate of drug-likeness (QED) is 0.743. The first-order valence-electron chi connectivity index (χ1n) is 5.89. The number of nitrogens with one attached hydrogen (secondary N) is 1. The van der Waals surface area contributed by atoms with Gasteiger partial charge in [0.25, 0.3) is 0 Å². The molecule has 21 heavy (non-hydrogen) atoms. The Morgan fingerprint density at radius 1 is 1.52 bits per heavy atom. The molecule has 0 bridgehead atoms. The summed E-state index contributed by atoms with van der Waals surface area (Å²) in [6.07, 6.45) is 1.92. The SMILES string of the molecule is COc1ccc(S(=O)(=O)NC(CCSC)C(=O)O)cc1F. The van der Waals surface area contributed by atoms with Crippen molar-refractivity contribution in [1.29, 1.82) is 0 Å². The summed E-state index contributed by atoms with van der Waals surface area (Å²) in [4.78, 5) is 10.7. The molecule has 0 aromatic heterocycles. The van der Waals surface area contributed by atoms with Crippen LogP contribution in [0.1, 0.15) is 6.42 Å². The Kier molecular flexibility index (Phi) is 6.43. The van der Waals surface area contributed by atoms with Gasteiger partial charge in [0.2, 0.25) is 10.0 Å². The predicted molar refractivity (Wildman–Crippen MR) is 77.7 cm³/mol. The van der Waals surface area contributed by atoms with Crippen LogP contribution >= 0.6 is 11.8 Å². The number of benzene rings is 1. The Morgan fingerprint density at radius 2 is 2.19 bits per heavy atom. The second-order valence-corrected chi connectivity index (χ2v) is 6.79. The van der Waals surface area contributed by atoms with E-state index in [9.17, 15) is 17.6 Å². The van der Waals surface area contributed by atoms with Crippen LogP contribution in [0.25, 0.3) is 0 Å². The molecule has 118 valence electrons. The van der Waals surface area contributed by atoms with Crippen LogP contribution in [0.5, 0.6) is 5.75 Å². The van der Waals surface area contributed by atoms with Gasteiger partial charge < -0.3 is 9.84 Å². The Bertz CT molecular complexity index is 606. The molecule has 0 saturated carbocycles. The van der Waals surface area contributed by atoms with Crippen LogP contribution in [0.3, 0.4) is 0 Å². The molecule has 1 rings (SSSR count). The third-order valence-corrected chi connectivity index (χ3v) is 4.75. The number of hydrogen-bond acceptors (Lipinski definition) is 5. The second-order valence-electron chi connectivity index (χ2n) is 4.09. The third kappa shape index (κ3) is 4.87. The van der Waals surface area contributed by atoms with Gasteiger partial charge in [0.1, 0.15) is 6.04 Å².